The second-order valence-corrected chi connectivity index (χ2v) is 5.38. The fourth-order valence-corrected chi connectivity index (χ4v) is 2.87. The normalized spacial score (nSPS) is 25.1. The van der Waals surface area contributed by atoms with Gasteiger partial charge in [0, 0.05) is 31.2 Å². The third-order valence-electron chi connectivity index (χ3n) is 3.84. The number of hydrogen-bond donors (Lipinski definition) is 1. The van der Waals surface area contributed by atoms with Gasteiger partial charge in [-0.05, 0) is 24.7 Å². The van der Waals surface area contributed by atoms with E-state index < -0.39 is 0 Å². The van der Waals surface area contributed by atoms with Crippen molar-refractivity contribution in [3.8, 4) is 0 Å². The lowest BCUT2D eigenvalue weighted by molar-refractivity contribution is 0.204. The molecule has 0 radical (unpaired) electrons. The SMILES string of the molecule is CC(C)C1CCCCC1NCc1cnccn1. The minimum atomic E-state index is 0.658. The molecule has 1 saturated carbocycles. The van der Waals surface area contributed by atoms with Gasteiger partial charge in [0.1, 0.15) is 0 Å². The van der Waals surface area contributed by atoms with E-state index >= 15 is 0 Å². The molecule has 2 atom stereocenters. The first kappa shape index (κ1) is 12.5. The quantitative estimate of drug-likeness (QED) is 0.869. The monoisotopic (exact) mass is 233 g/mol. The standard InChI is InChI=1S/C14H23N3/c1-11(2)13-5-3-4-6-14(13)17-10-12-9-15-7-8-16-12/h7-9,11,13-14,17H,3-6,10H2,1-2H3. The van der Waals surface area contributed by atoms with Crippen LogP contribution in [-0.2, 0) is 6.54 Å². The molecule has 0 amide bonds. The molecule has 1 aliphatic carbocycles. The van der Waals surface area contributed by atoms with E-state index in [1.807, 2.05) is 6.20 Å². The summed E-state index contributed by atoms with van der Waals surface area (Å²) in [7, 11) is 0. The molecular weight excluding hydrogens is 210 g/mol. The highest BCUT2D eigenvalue weighted by Gasteiger charge is 2.26. The lowest BCUT2D eigenvalue weighted by Crippen LogP contribution is -2.40. The third kappa shape index (κ3) is 3.50. The third-order valence-corrected chi connectivity index (χ3v) is 3.84. The number of nitrogens with zero attached hydrogens (tertiary/aromatic N) is 2. The summed E-state index contributed by atoms with van der Waals surface area (Å²) in [4.78, 5) is 8.41. The second kappa shape index (κ2) is 6.10. The van der Waals surface area contributed by atoms with Gasteiger partial charge in [-0.15, -0.1) is 0 Å². The molecule has 1 aromatic rings. The van der Waals surface area contributed by atoms with Crippen molar-refractivity contribution in [2.75, 3.05) is 0 Å². The van der Waals surface area contributed by atoms with Gasteiger partial charge in [0.15, 0.2) is 0 Å². The van der Waals surface area contributed by atoms with E-state index in [1.54, 1.807) is 12.4 Å². The van der Waals surface area contributed by atoms with Crippen molar-refractivity contribution in [2.45, 2.75) is 52.1 Å². The summed E-state index contributed by atoms with van der Waals surface area (Å²) in [5, 5.41) is 3.67. The fraction of sp³-hybridized carbons (Fsp3) is 0.714. The average Bonchev–Trinajstić information content (AvgIpc) is 2.38. The van der Waals surface area contributed by atoms with Crippen molar-refractivity contribution in [3.05, 3.63) is 24.3 Å². The molecule has 0 aromatic carbocycles. The molecule has 1 heterocycles. The van der Waals surface area contributed by atoms with Crippen LogP contribution in [0, 0.1) is 11.8 Å². The smallest absolute Gasteiger partial charge is 0.0724 e. The second-order valence-electron chi connectivity index (χ2n) is 5.38. The molecule has 0 spiro atoms. The summed E-state index contributed by atoms with van der Waals surface area (Å²) in [5.41, 5.74) is 1.04. The molecule has 0 bridgehead atoms. The van der Waals surface area contributed by atoms with Crippen LogP contribution < -0.4 is 5.32 Å². The zero-order chi connectivity index (χ0) is 12.1. The Morgan fingerprint density at radius 1 is 1.29 bits per heavy atom. The minimum Gasteiger partial charge on any atom is -0.308 e. The Bertz CT molecular complexity index is 323. The highest BCUT2D eigenvalue weighted by molar-refractivity contribution is 4.95. The highest BCUT2D eigenvalue weighted by atomic mass is 14.9. The number of rotatable bonds is 4. The van der Waals surface area contributed by atoms with E-state index in [1.165, 1.54) is 25.7 Å². The van der Waals surface area contributed by atoms with Gasteiger partial charge < -0.3 is 5.32 Å². The molecule has 1 aliphatic rings. The van der Waals surface area contributed by atoms with Gasteiger partial charge in [-0.1, -0.05) is 26.7 Å². The van der Waals surface area contributed by atoms with E-state index in [0.29, 0.717) is 6.04 Å². The summed E-state index contributed by atoms with van der Waals surface area (Å²) in [5.74, 6) is 1.59. The highest BCUT2D eigenvalue weighted by Crippen LogP contribution is 2.30. The van der Waals surface area contributed by atoms with Crippen LogP contribution in [0.15, 0.2) is 18.6 Å². The van der Waals surface area contributed by atoms with Crippen molar-refractivity contribution in [2.24, 2.45) is 11.8 Å². The molecule has 3 nitrogen and oxygen atoms in total. The van der Waals surface area contributed by atoms with E-state index in [-0.39, 0.29) is 0 Å². The molecule has 3 heteroatoms. The lowest BCUT2D eigenvalue weighted by Gasteiger charge is -2.35. The molecule has 1 fully saturated rings. The summed E-state index contributed by atoms with van der Waals surface area (Å²) < 4.78 is 0. The summed E-state index contributed by atoms with van der Waals surface area (Å²) in [6.45, 7) is 5.53. The van der Waals surface area contributed by atoms with E-state index in [0.717, 1.165) is 24.1 Å². The Labute approximate surface area is 104 Å². The van der Waals surface area contributed by atoms with E-state index in [9.17, 15) is 0 Å². The van der Waals surface area contributed by atoms with E-state index in [2.05, 4.69) is 29.1 Å². The summed E-state index contributed by atoms with van der Waals surface area (Å²) in [6.07, 6.45) is 10.8. The van der Waals surface area contributed by atoms with Gasteiger partial charge in [-0.2, -0.15) is 0 Å². The Morgan fingerprint density at radius 2 is 2.12 bits per heavy atom. The van der Waals surface area contributed by atoms with Gasteiger partial charge in [0.25, 0.3) is 0 Å². The fourth-order valence-electron chi connectivity index (χ4n) is 2.87. The van der Waals surface area contributed by atoms with Crippen molar-refractivity contribution >= 4 is 0 Å². The Hall–Kier alpha value is -0.960. The van der Waals surface area contributed by atoms with Crippen LogP contribution in [0.2, 0.25) is 0 Å². The van der Waals surface area contributed by atoms with Gasteiger partial charge in [0.2, 0.25) is 0 Å². The minimum absolute atomic E-state index is 0.658. The Morgan fingerprint density at radius 3 is 2.82 bits per heavy atom. The van der Waals surface area contributed by atoms with Gasteiger partial charge in [-0.3, -0.25) is 9.97 Å². The van der Waals surface area contributed by atoms with Crippen molar-refractivity contribution < 1.29 is 0 Å². The van der Waals surface area contributed by atoms with Crippen LogP contribution in [0.25, 0.3) is 0 Å². The molecule has 0 aliphatic heterocycles. The zero-order valence-corrected chi connectivity index (χ0v) is 10.9. The van der Waals surface area contributed by atoms with Gasteiger partial charge in [-0.25, -0.2) is 0 Å². The summed E-state index contributed by atoms with van der Waals surface area (Å²) >= 11 is 0. The molecule has 1 aromatic heterocycles. The Kier molecular flexibility index (Phi) is 4.49. The molecule has 1 N–H and O–H groups in total. The lowest BCUT2D eigenvalue weighted by atomic mass is 9.78. The maximum Gasteiger partial charge on any atom is 0.0724 e. The topological polar surface area (TPSA) is 37.8 Å². The van der Waals surface area contributed by atoms with Gasteiger partial charge >= 0.3 is 0 Å². The van der Waals surface area contributed by atoms with Crippen LogP contribution >= 0.6 is 0 Å². The van der Waals surface area contributed by atoms with Crippen LogP contribution in [0.1, 0.15) is 45.2 Å². The molecular formula is C14H23N3. The van der Waals surface area contributed by atoms with Crippen molar-refractivity contribution in [1.29, 1.82) is 0 Å². The average molecular weight is 233 g/mol. The van der Waals surface area contributed by atoms with E-state index in [4.69, 9.17) is 0 Å². The maximum absolute atomic E-state index is 4.31. The van der Waals surface area contributed by atoms with Crippen LogP contribution in [0.3, 0.4) is 0 Å². The van der Waals surface area contributed by atoms with Crippen molar-refractivity contribution in [1.82, 2.24) is 15.3 Å². The first-order valence-corrected chi connectivity index (χ1v) is 6.75. The molecule has 0 saturated heterocycles. The van der Waals surface area contributed by atoms with Crippen LogP contribution in [0.4, 0.5) is 0 Å². The first-order valence-electron chi connectivity index (χ1n) is 6.75. The number of nitrogens with one attached hydrogen (secondary N) is 1. The van der Waals surface area contributed by atoms with Crippen LogP contribution in [-0.4, -0.2) is 16.0 Å². The predicted octanol–water partition coefficient (Wildman–Crippen LogP) is 2.78. The van der Waals surface area contributed by atoms with Crippen LogP contribution in [0.5, 0.6) is 0 Å². The largest absolute Gasteiger partial charge is 0.308 e. The maximum atomic E-state index is 4.31. The first-order chi connectivity index (χ1) is 8.27. The zero-order valence-electron chi connectivity index (χ0n) is 10.9. The number of hydrogen-bond acceptors (Lipinski definition) is 3. The van der Waals surface area contributed by atoms with Crippen molar-refractivity contribution in [3.63, 3.8) is 0 Å². The molecule has 17 heavy (non-hydrogen) atoms. The molecule has 2 unspecified atom stereocenters. The summed E-state index contributed by atoms with van der Waals surface area (Å²) in [6, 6.07) is 0.658. The van der Waals surface area contributed by atoms with Gasteiger partial charge in [0.05, 0.1) is 5.69 Å². The molecule has 94 valence electrons. The molecule has 2 rings (SSSR count). The number of aromatic nitrogens is 2. The Balaban J connectivity index is 1.88. The predicted molar refractivity (Wildman–Crippen MR) is 69.5 cm³/mol.